The maximum absolute atomic E-state index is 14.3. The fraction of sp³-hybridized carbons (Fsp3) is 0.333. The summed E-state index contributed by atoms with van der Waals surface area (Å²) in [7, 11) is 0. The van der Waals surface area contributed by atoms with Gasteiger partial charge in [-0.05, 0) is 31.9 Å². The van der Waals surface area contributed by atoms with Crippen LogP contribution in [-0.2, 0) is 13.1 Å². The van der Waals surface area contributed by atoms with Crippen LogP contribution in [0.2, 0.25) is 0 Å². The molecule has 0 saturated heterocycles. The Hall–Kier alpha value is -3.06. The number of benzene rings is 2. The first kappa shape index (κ1) is 22.6. The van der Waals surface area contributed by atoms with Gasteiger partial charge in [0.25, 0.3) is 5.91 Å². The van der Waals surface area contributed by atoms with Crippen LogP contribution in [-0.4, -0.2) is 21.8 Å². The zero-order valence-electron chi connectivity index (χ0n) is 17.9. The molecule has 0 fully saturated rings. The summed E-state index contributed by atoms with van der Waals surface area (Å²) in [4.78, 5) is 18.6. The average Bonchev–Trinajstić information content (AvgIpc) is 3.23. The van der Waals surface area contributed by atoms with Gasteiger partial charge in [0.1, 0.15) is 17.9 Å². The van der Waals surface area contributed by atoms with E-state index < -0.39 is 11.6 Å². The summed E-state index contributed by atoms with van der Waals surface area (Å²) in [6.45, 7) is 6.37. The van der Waals surface area contributed by atoms with E-state index in [0.29, 0.717) is 11.5 Å². The summed E-state index contributed by atoms with van der Waals surface area (Å²) in [5.74, 6) is -1.17. The lowest BCUT2D eigenvalue weighted by atomic mass is 10.1. The van der Waals surface area contributed by atoms with Gasteiger partial charge in [-0.25, -0.2) is 13.8 Å². The van der Waals surface area contributed by atoms with Crippen molar-refractivity contribution in [1.29, 1.82) is 0 Å². The Morgan fingerprint density at radius 1 is 1.13 bits per heavy atom. The predicted molar refractivity (Wildman–Crippen MR) is 114 cm³/mol. The highest BCUT2D eigenvalue weighted by atomic mass is 19.1. The van der Waals surface area contributed by atoms with Gasteiger partial charge in [-0.1, -0.05) is 43.3 Å². The Balaban J connectivity index is 1.82. The van der Waals surface area contributed by atoms with Crippen molar-refractivity contribution in [2.45, 2.75) is 52.4 Å². The molecule has 7 heteroatoms. The number of hydrogen-bond acceptors (Lipinski definition) is 4. The van der Waals surface area contributed by atoms with E-state index in [1.807, 2.05) is 56.0 Å². The smallest absolute Gasteiger partial charge is 0.273 e. The number of amides is 1. The molecule has 2 aromatic carbocycles. The van der Waals surface area contributed by atoms with Gasteiger partial charge in [-0.15, -0.1) is 0 Å². The third-order valence-corrected chi connectivity index (χ3v) is 5.33. The maximum atomic E-state index is 14.3. The highest BCUT2D eigenvalue weighted by molar-refractivity contribution is 5.92. The Kier molecular flexibility index (Phi) is 7.52. The van der Waals surface area contributed by atoms with Gasteiger partial charge in [-0.2, -0.15) is 0 Å². The molecule has 0 aliphatic heterocycles. The summed E-state index contributed by atoms with van der Waals surface area (Å²) >= 11 is 0. The molecule has 3 aromatic rings. The van der Waals surface area contributed by atoms with Gasteiger partial charge in [0.2, 0.25) is 5.89 Å². The summed E-state index contributed by atoms with van der Waals surface area (Å²) in [6.07, 6.45) is 2.14. The van der Waals surface area contributed by atoms with Crippen molar-refractivity contribution in [3.8, 4) is 0 Å². The lowest BCUT2D eigenvalue weighted by molar-refractivity contribution is 0.0934. The Morgan fingerprint density at radius 2 is 1.87 bits per heavy atom. The number of carbonyl (C=O) groups is 1. The van der Waals surface area contributed by atoms with E-state index in [9.17, 15) is 13.6 Å². The largest absolute Gasteiger partial charge is 0.447 e. The molecule has 0 spiro atoms. The van der Waals surface area contributed by atoms with Crippen LogP contribution in [0.4, 0.5) is 8.78 Å². The van der Waals surface area contributed by atoms with Crippen molar-refractivity contribution >= 4 is 5.91 Å². The Morgan fingerprint density at radius 3 is 2.55 bits per heavy atom. The lowest BCUT2D eigenvalue weighted by Gasteiger charge is -2.28. The molecule has 0 aliphatic rings. The van der Waals surface area contributed by atoms with Gasteiger partial charge in [0.15, 0.2) is 5.69 Å². The number of oxazole rings is 1. The summed E-state index contributed by atoms with van der Waals surface area (Å²) < 4.78 is 33.2. The second-order valence-electron chi connectivity index (χ2n) is 7.64. The molecule has 0 aliphatic carbocycles. The van der Waals surface area contributed by atoms with Crippen molar-refractivity contribution in [1.82, 2.24) is 15.2 Å². The van der Waals surface area contributed by atoms with Gasteiger partial charge in [-0.3, -0.25) is 9.69 Å². The van der Waals surface area contributed by atoms with E-state index in [4.69, 9.17) is 4.42 Å². The maximum Gasteiger partial charge on any atom is 0.273 e. The van der Waals surface area contributed by atoms with Crippen LogP contribution in [0.15, 0.2) is 59.2 Å². The summed E-state index contributed by atoms with van der Waals surface area (Å²) in [5.41, 5.74) is 1.60. The summed E-state index contributed by atoms with van der Waals surface area (Å²) in [6, 6.07) is 13.3. The minimum Gasteiger partial charge on any atom is -0.447 e. The van der Waals surface area contributed by atoms with E-state index in [-0.39, 0.29) is 36.8 Å². The van der Waals surface area contributed by atoms with Crippen molar-refractivity contribution in [2.24, 2.45) is 0 Å². The quantitative estimate of drug-likeness (QED) is 0.507. The highest BCUT2D eigenvalue weighted by Gasteiger charge is 2.22. The first-order valence-corrected chi connectivity index (χ1v) is 10.4. The van der Waals surface area contributed by atoms with Gasteiger partial charge >= 0.3 is 0 Å². The number of nitrogens with one attached hydrogen (secondary N) is 1. The van der Waals surface area contributed by atoms with Gasteiger partial charge < -0.3 is 9.73 Å². The first-order valence-electron chi connectivity index (χ1n) is 10.4. The van der Waals surface area contributed by atoms with Crippen LogP contribution in [0.3, 0.4) is 0 Å². The molecule has 164 valence electrons. The van der Waals surface area contributed by atoms with E-state index in [1.165, 1.54) is 18.4 Å². The number of hydrogen-bond donors (Lipinski definition) is 1. The molecule has 0 unspecified atom stereocenters. The number of rotatable bonds is 9. The molecule has 31 heavy (non-hydrogen) atoms. The molecule has 2 atom stereocenters. The molecule has 5 nitrogen and oxygen atoms in total. The van der Waals surface area contributed by atoms with Gasteiger partial charge in [0, 0.05) is 30.3 Å². The van der Waals surface area contributed by atoms with Crippen molar-refractivity contribution in [2.75, 3.05) is 0 Å². The Labute approximate surface area is 181 Å². The van der Waals surface area contributed by atoms with Crippen molar-refractivity contribution < 1.29 is 18.0 Å². The normalized spacial score (nSPS) is 13.2. The predicted octanol–water partition coefficient (Wildman–Crippen LogP) is 5.24. The monoisotopic (exact) mass is 427 g/mol. The second-order valence-corrected chi connectivity index (χ2v) is 7.64. The SMILES string of the molecule is CC[C@@H](C)NC(=O)c1coc(CN(Cc2ccc(F)cc2F)[C@@H](C)c2ccccc2)n1. The molecule has 1 aromatic heterocycles. The second kappa shape index (κ2) is 10.3. The molecule has 0 bridgehead atoms. The number of nitrogens with zero attached hydrogens (tertiary/aromatic N) is 2. The van der Waals surface area contributed by atoms with Crippen LogP contribution in [0.25, 0.3) is 0 Å². The molecule has 0 saturated carbocycles. The third kappa shape index (κ3) is 5.98. The van der Waals surface area contributed by atoms with E-state index in [0.717, 1.165) is 18.1 Å². The standard InChI is InChI=1S/C24H27F2N3O2/c1-4-16(2)27-24(30)22-15-31-23(28-22)14-29(17(3)18-8-6-5-7-9-18)13-19-10-11-20(25)12-21(19)26/h5-12,15-17H,4,13-14H2,1-3H3,(H,27,30)/t16-,17+/m1/s1. The van der Waals surface area contributed by atoms with Crippen LogP contribution < -0.4 is 5.32 Å². The minimum absolute atomic E-state index is 0.0312. The van der Waals surface area contributed by atoms with Crippen LogP contribution in [0.1, 0.15) is 60.7 Å². The summed E-state index contributed by atoms with van der Waals surface area (Å²) in [5, 5.41) is 2.85. The average molecular weight is 427 g/mol. The number of carbonyl (C=O) groups excluding carboxylic acids is 1. The van der Waals surface area contributed by atoms with Crippen LogP contribution >= 0.6 is 0 Å². The first-order chi connectivity index (χ1) is 14.9. The zero-order chi connectivity index (χ0) is 22.4. The molecule has 1 heterocycles. The molecular formula is C24H27F2N3O2. The molecule has 3 rings (SSSR count). The molecule has 1 N–H and O–H groups in total. The number of aromatic nitrogens is 1. The topological polar surface area (TPSA) is 58.4 Å². The van der Waals surface area contributed by atoms with Crippen LogP contribution in [0, 0.1) is 11.6 Å². The Bertz CT molecular complexity index is 1010. The molecule has 1 amide bonds. The van der Waals surface area contributed by atoms with E-state index in [2.05, 4.69) is 10.3 Å². The van der Waals surface area contributed by atoms with Crippen LogP contribution in [0.5, 0.6) is 0 Å². The molecule has 0 radical (unpaired) electrons. The van der Waals surface area contributed by atoms with E-state index >= 15 is 0 Å². The van der Waals surface area contributed by atoms with Crippen molar-refractivity contribution in [3.05, 3.63) is 89.1 Å². The van der Waals surface area contributed by atoms with E-state index in [1.54, 1.807) is 0 Å². The fourth-order valence-electron chi connectivity index (χ4n) is 3.20. The highest BCUT2D eigenvalue weighted by Crippen LogP contribution is 2.25. The number of halogens is 2. The zero-order valence-corrected chi connectivity index (χ0v) is 17.9. The third-order valence-electron chi connectivity index (χ3n) is 5.33. The minimum atomic E-state index is -0.617. The molecular weight excluding hydrogens is 400 g/mol. The lowest BCUT2D eigenvalue weighted by Crippen LogP contribution is -2.32. The van der Waals surface area contributed by atoms with Crippen molar-refractivity contribution in [3.63, 3.8) is 0 Å². The fourth-order valence-corrected chi connectivity index (χ4v) is 3.20. The van der Waals surface area contributed by atoms with Gasteiger partial charge in [0.05, 0.1) is 6.54 Å².